The Kier molecular flexibility index (Phi) is 1.47. The molecule has 0 amide bonds. The van der Waals surface area contributed by atoms with Crippen LogP contribution in [0.5, 0.6) is 0 Å². The third-order valence-electron chi connectivity index (χ3n) is 1.31. The molecule has 0 aromatic rings. The molecule has 2 heteroatoms. The summed E-state index contributed by atoms with van der Waals surface area (Å²) in [6.45, 7) is 3.56. The molecule has 1 heterocycles. The zero-order valence-electron chi connectivity index (χ0n) is 5.51. The van der Waals surface area contributed by atoms with E-state index in [-0.39, 0.29) is 11.7 Å². The third-order valence-corrected chi connectivity index (χ3v) is 1.31. The van der Waals surface area contributed by atoms with Gasteiger partial charge in [-0.15, -0.1) is 0 Å². The van der Waals surface area contributed by atoms with Crippen LogP contribution in [0.3, 0.4) is 0 Å². The van der Waals surface area contributed by atoms with E-state index in [4.69, 9.17) is 0 Å². The molecule has 0 spiro atoms. The van der Waals surface area contributed by atoms with E-state index in [1.165, 1.54) is 0 Å². The SMILES string of the molecule is CC1=[C]N=CC(C)C1=O. The maximum Gasteiger partial charge on any atom is 0.168 e. The number of hydrogen-bond donors (Lipinski definition) is 0. The van der Waals surface area contributed by atoms with Gasteiger partial charge in [0.15, 0.2) is 5.78 Å². The lowest BCUT2D eigenvalue weighted by atomic mass is 10.0. The maximum atomic E-state index is 10.9. The summed E-state index contributed by atoms with van der Waals surface area (Å²) in [6, 6.07) is 0. The van der Waals surface area contributed by atoms with Crippen molar-refractivity contribution in [3.63, 3.8) is 0 Å². The second kappa shape index (κ2) is 2.13. The van der Waals surface area contributed by atoms with Gasteiger partial charge in [0, 0.05) is 11.8 Å². The molecule has 1 unspecified atom stereocenters. The van der Waals surface area contributed by atoms with Crippen molar-refractivity contribution in [2.75, 3.05) is 0 Å². The van der Waals surface area contributed by atoms with Crippen LogP contribution in [0, 0.1) is 12.1 Å². The molecule has 0 N–H and O–H groups in total. The van der Waals surface area contributed by atoms with Crippen molar-refractivity contribution in [3.05, 3.63) is 11.8 Å². The van der Waals surface area contributed by atoms with E-state index in [1.807, 2.05) is 6.92 Å². The van der Waals surface area contributed by atoms with Crippen LogP contribution in [0.1, 0.15) is 13.8 Å². The van der Waals surface area contributed by atoms with E-state index >= 15 is 0 Å². The predicted octanol–water partition coefficient (Wildman–Crippen LogP) is 0.983. The van der Waals surface area contributed by atoms with Crippen molar-refractivity contribution in [3.8, 4) is 0 Å². The Bertz CT molecular complexity index is 191. The van der Waals surface area contributed by atoms with Gasteiger partial charge in [0.05, 0.1) is 12.1 Å². The van der Waals surface area contributed by atoms with Crippen molar-refractivity contribution in [1.82, 2.24) is 0 Å². The summed E-state index contributed by atoms with van der Waals surface area (Å²) in [5.41, 5.74) is 0.630. The molecule has 1 aliphatic rings. The minimum Gasteiger partial charge on any atom is -0.294 e. The highest BCUT2D eigenvalue weighted by Crippen LogP contribution is 2.07. The Morgan fingerprint density at radius 3 is 2.89 bits per heavy atom. The summed E-state index contributed by atoms with van der Waals surface area (Å²) in [6.07, 6.45) is 4.21. The van der Waals surface area contributed by atoms with Gasteiger partial charge < -0.3 is 0 Å². The monoisotopic (exact) mass is 122 g/mol. The Balaban J connectivity index is 2.86. The van der Waals surface area contributed by atoms with Crippen molar-refractivity contribution < 1.29 is 4.79 Å². The first-order chi connectivity index (χ1) is 4.22. The zero-order chi connectivity index (χ0) is 6.85. The summed E-state index contributed by atoms with van der Waals surface area (Å²) in [7, 11) is 0. The van der Waals surface area contributed by atoms with Crippen molar-refractivity contribution in [2.24, 2.45) is 10.9 Å². The van der Waals surface area contributed by atoms with Crippen LogP contribution in [0.4, 0.5) is 0 Å². The first-order valence-electron chi connectivity index (χ1n) is 2.89. The lowest BCUT2D eigenvalue weighted by Crippen LogP contribution is -2.15. The highest BCUT2D eigenvalue weighted by Gasteiger charge is 2.14. The average Bonchev–Trinajstić information content (AvgIpc) is 1.83. The number of carbonyl (C=O) groups excluding carboxylic acids is 1. The first-order valence-corrected chi connectivity index (χ1v) is 2.89. The summed E-state index contributed by atoms with van der Waals surface area (Å²) < 4.78 is 0. The number of ketones is 1. The van der Waals surface area contributed by atoms with Gasteiger partial charge in [-0.1, -0.05) is 6.92 Å². The number of allylic oxidation sites excluding steroid dienone is 1. The van der Waals surface area contributed by atoms with Crippen molar-refractivity contribution in [1.29, 1.82) is 0 Å². The van der Waals surface area contributed by atoms with Gasteiger partial charge in [-0.25, -0.2) is 0 Å². The molecule has 47 valence electrons. The van der Waals surface area contributed by atoms with Gasteiger partial charge in [0.2, 0.25) is 0 Å². The number of aliphatic imine (C=N–C) groups is 1. The molecule has 0 bridgehead atoms. The fraction of sp³-hybridized carbons (Fsp3) is 0.429. The summed E-state index contributed by atoms with van der Waals surface area (Å²) in [4.78, 5) is 14.7. The minimum absolute atomic E-state index is 0.0498. The van der Waals surface area contributed by atoms with Crippen LogP contribution in [0.2, 0.25) is 0 Å². The Hall–Kier alpha value is -0.920. The van der Waals surface area contributed by atoms with Gasteiger partial charge in [-0.3, -0.25) is 9.79 Å². The number of hydrogen-bond acceptors (Lipinski definition) is 2. The normalized spacial score (nSPS) is 26.2. The molecule has 1 aliphatic heterocycles. The van der Waals surface area contributed by atoms with E-state index in [0.717, 1.165) is 0 Å². The van der Waals surface area contributed by atoms with Crippen LogP contribution in [0.15, 0.2) is 10.6 Å². The number of nitrogens with zero attached hydrogens (tertiary/aromatic N) is 1. The smallest absolute Gasteiger partial charge is 0.168 e. The van der Waals surface area contributed by atoms with Gasteiger partial charge in [0.1, 0.15) is 0 Å². The quantitative estimate of drug-likeness (QED) is 0.471. The van der Waals surface area contributed by atoms with E-state index in [9.17, 15) is 4.79 Å². The Labute approximate surface area is 54.3 Å². The Morgan fingerprint density at radius 2 is 2.44 bits per heavy atom. The highest BCUT2D eigenvalue weighted by atomic mass is 16.1. The van der Waals surface area contributed by atoms with Gasteiger partial charge in [-0.05, 0) is 6.92 Å². The van der Waals surface area contributed by atoms with Crippen LogP contribution in [-0.2, 0) is 4.79 Å². The molecule has 0 saturated heterocycles. The second-order valence-electron chi connectivity index (χ2n) is 2.17. The summed E-state index contributed by atoms with van der Waals surface area (Å²) in [5, 5.41) is 0. The summed E-state index contributed by atoms with van der Waals surface area (Å²) >= 11 is 0. The molecule has 0 aromatic carbocycles. The van der Waals surface area contributed by atoms with Crippen molar-refractivity contribution in [2.45, 2.75) is 13.8 Å². The van der Waals surface area contributed by atoms with Gasteiger partial charge in [-0.2, -0.15) is 0 Å². The average molecular weight is 122 g/mol. The topological polar surface area (TPSA) is 29.4 Å². The Morgan fingerprint density at radius 1 is 1.78 bits per heavy atom. The third kappa shape index (κ3) is 1.07. The fourth-order valence-corrected chi connectivity index (χ4v) is 0.710. The number of Topliss-reactive ketones (excluding diaryl/α,β-unsaturated/α-hetero) is 1. The fourth-order valence-electron chi connectivity index (χ4n) is 0.710. The first kappa shape index (κ1) is 6.20. The van der Waals surface area contributed by atoms with E-state index < -0.39 is 0 Å². The van der Waals surface area contributed by atoms with Gasteiger partial charge >= 0.3 is 0 Å². The second-order valence-corrected chi connectivity index (χ2v) is 2.17. The highest BCUT2D eigenvalue weighted by molar-refractivity contribution is 6.06. The molecule has 0 aliphatic carbocycles. The molecular weight excluding hydrogens is 114 g/mol. The van der Waals surface area contributed by atoms with Crippen molar-refractivity contribution >= 4 is 12.0 Å². The molecule has 1 atom stereocenters. The summed E-state index contributed by atoms with van der Waals surface area (Å²) in [5.74, 6) is 0.0799. The minimum atomic E-state index is -0.0498. The molecule has 1 radical (unpaired) electrons. The lowest BCUT2D eigenvalue weighted by Gasteiger charge is -2.06. The molecular formula is C7H8NO. The molecule has 0 saturated carbocycles. The molecule has 1 rings (SSSR count). The zero-order valence-corrected chi connectivity index (χ0v) is 5.51. The predicted molar refractivity (Wildman–Crippen MR) is 35.1 cm³/mol. The van der Waals surface area contributed by atoms with Crippen LogP contribution in [-0.4, -0.2) is 12.0 Å². The molecule has 0 fully saturated rings. The van der Waals surface area contributed by atoms with Crippen LogP contribution >= 0.6 is 0 Å². The lowest BCUT2D eigenvalue weighted by molar-refractivity contribution is -0.117. The van der Waals surface area contributed by atoms with E-state index in [1.54, 1.807) is 13.1 Å². The molecule has 0 aromatic heterocycles. The standard InChI is InChI=1S/C7H8NO/c1-5-3-8-4-6(2)7(5)9/h3,5H,1-2H3. The molecule has 2 nitrogen and oxygen atoms in total. The van der Waals surface area contributed by atoms with Gasteiger partial charge in [0.25, 0.3) is 0 Å². The molecule has 9 heavy (non-hydrogen) atoms. The largest absolute Gasteiger partial charge is 0.294 e. The van der Waals surface area contributed by atoms with E-state index in [2.05, 4.69) is 11.2 Å². The maximum absolute atomic E-state index is 10.9. The van der Waals surface area contributed by atoms with Crippen LogP contribution < -0.4 is 0 Å². The van der Waals surface area contributed by atoms with E-state index in [0.29, 0.717) is 5.57 Å². The number of carbonyl (C=O) groups is 1. The van der Waals surface area contributed by atoms with Crippen LogP contribution in [0.25, 0.3) is 0 Å². The number of rotatable bonds is 0.